The van der Waals surface area contributed by atoms with Gasteiger partial charge in [0.25, 0.3) is 0 Å². The molecule has 1 saturated heterocycles. The van der Waals surface area contributed by atoms with Gasteiger partial charge in [0, 0.05) is 30.9 Å². The van der Waals surface area contributed by atoms with E-state index in [2.05, 4.69) is 18.7 Å². The minimum Gasteiger partial charge on any atom is -0.377 e. The minimum absolute atomic E-state index is 0.266. The molecule has 1 heterocycles. The van der Waals surface area contributed by atoms with Gasteiger partial charge in [-0.05, 0) is 44.0 Å². The molecule has 1 aromatic carbocycles. The molecule has 92 valence electrons. The summed E-state index contributed by atoms with van der Waals surface area (Å²) in [5.74, 6) is 0. The van der Waals surface area contributed by atoms with Crippen LogP contribution in [0.4, 0.5) is 5.69 Å². The highest BCUT2D eigenvalue weighted by molar-refractivity contribution is 5.77. The van der Waals surface area contributed by atoms with E-state index in [0.29, 0.717) is 0 Å². The lowest BCUT2D eigenvalue weighted by Crippen LogP contribution is -2.30. The number of nitrogens with zero attached hydrogens (tertiary/aromatic N) is 1. The summed E-state index contributed by atoms with van der Waals surface area (Å²) in [5.41, 5.74) is 3.11. The Kier molecular flexibility index (Phi) is 3.79. The van der Waals surface area contributed by atoms with Crippen LogP contribution < -0.4 is 4.90 Å². The Morgan fingerprint density at radius 2 is 2.29 bits per heavy atom. The van der Waals surface area contributed by atoms with Gasteiger partial charge in [-0.3, -0.25) is 4.79 Å². The van der Waals surface area contributed by atoms with Crippen molar-refractivity contribution in [2.75, 3.05) is 24.6 Å². The number of carbonyl (C=O) groups excluding carboxylic acids is 1. The molecule has 3 nitrogen and oxygen atoms in total. The summed E-state index contributed by atoms with van der Waals surface area (Å²) in [6, 6.07) is 5.86. The van der Waals surface area contributed by atoms with Crippen LogP contribution in [0, 0.1) is 6.92 Å². The molecule has 3 heteroatoms. The molecule has 0 spiro atoms. The molecule has 1 fully saturated rings. The van der Waals surface area contributed by atoms with E-state index in [4.69, 9.17) is 4.74 Å². The summed E-state index contributed by atoms with van der Waals surface area (Å²) in [6.07, 6.45) is 2.21. The standard InChI is InChI=1S/C14H19NO2/c1-11-8-13(10-16)4-5-14(11)15-6-3-7-17-12(2)9-15/h4-5,8,10,12H,3,6-7,9H2,1-2H3. The first-order valence-electron chi connectivity index (χ1n) is 6.13. The van der Waals surface area contributed by atoms with Gasteiger partial charge in [-0.1, -0.05) is 0 Å². The molecule has 1 aromatic rings. The number of benzene rings is 1. The van der Waals surface area contributed by atoms with E-state index < -0.39 is 0 Å². The number of ether oxygens (including phenoxy) is 1. The van der Waals surface area contributed by atoms with E-state index in [0.717, 1.165) is 43.5 Å². The molecular weight excluding hydrogens is 214 g/mol. The fraction of sp³-hybridized carbons (Fsp3) is 0.500. The number of anilines is 1. The highest BCUT2D eigenvalue weighted by atomic mass is 16.5. The predicted octanol–water partition coefficient (Wildman–Crippen LogP) is 2.42. The van der Waals surface area contributed by atoms with E-state index in [1.165, 1.54) is 5.69 Å². The van der Waals surface area contributed by atoms with E-state index in [9.17, 15) is 4.79 Å². The fourth-order valence-corrected chi connectivity index (χ4v) is 2.32. The second kappa shape index (κ2) is 5.32. The minimum atomic E-state index is 0.266. The first kappa shape index (κ1) is 12.1. The Balaban J connectivity index is 2.23. The highest BCUT2D eigenvalue weighted by Gasteiger charge is 2.16. The van der Waals surface area contributed by atoms with Crippen LogP contribution in [0.3, 0.4) is 0 Å². The Labute approximate surface area is 102 Å². The second-order valence-electron chi connectivity index (χ2n) is 4.64. The zero-order chi connectivity index (χ0) is 12.3. The van der Waals surface area contributed by atoms with Gasteiger partial charge in [0.15, 0.2) is 0 Å². The lowest BCUT2D eigenvalue weighted by molar-refractivity contribution is 0.0821. The van der Waals surface area contributed by atoms with E-state index in [-0.39, 0.29) is 6.10 Å². The van der Waals surface area contributed by atoms with Crippen LogP contribution in [-0.4, -0.2) is 32.1 Å². The fourth-order valence-electron chi connectivity index (χ4n) is 2.32. The number of rotatable bonds is 2. The maximum absolute atomic E-state index is 10.7. The molecule has 1 aliphatic heterocycles. The maximum atomic E-state index is 10.7. The van der Waals surface area contributed by atoms with Gasteiger partial charge < -0.3 is 9.64 Å². The number of hydrogen-bond acceptors (Lipinski definition) is 3. The Hall–Kier alpha value is -1.35. The van der Waals surface area contributed by atoms with Gasteiger partial charge in [-0.25, -0.2) is 0 Å². The lowest BCUT2D eigenvalue weighted by atomic mass is 10.1. The Morgan fingerprint density at radius 3 is 3.00 bits per heavy atom. The van der Waals surface area contributed by atoms with Crippen molar-refractivity contribution < 1.29 is 9.53 Å². The van der Waals surface area contributed by atoms with Crippen molar-refractivity contribution in [2.24, 2.45) is 0 Å². The third kappa shape index (κ3) is 2.86. The molecule has 0 amide bonds. The average Bonchev–Trinajstić information content (AvgIpc) is 2.53. The molecule has 1 unspecified atom stereocenters. The normalized spacial score (nSPS) is 21.1. The monoisotopic (exact) mass is 233 g/mol. The summed E-state index contributed by atoms with van der Waals surface area (Å²) < 4.78 is 5.64. The molecule has 0 radical (unpaired) electrons. The number of carbonyl (C=O) groups is 1. The molecule has 0 aliphatic carbocycles. The number of aryl methyl sites for hydroxylation is 1. The van der Waals surface area contributed by atoms with E-state index in [1.54, 1.807) is 0 Å². The van der Waals surface area contributed by atoms with Gasteiger partial charge in [0.2, 0.25) is 0 Å². The molecule has 0 saturated carbocycles. The highest BCUT2D eigenvalue weighted by Crippen LogP contribution is 2.23. The van der Waals surface area contributed by atoms with Crippen LogP contribution in [0.5, 0.6) is 0 Å². The average molecular weight is 233 g/mol. The van der Waals surface area contributed by atoms with Crippen molar-refractivity contribution in [2.45, 2.75) is 26.4 Å². The summed E-state index contributed by atoms with van der Waals surface area (Å²) in [6.45, 7) is 6.93. The summed E-state index contributed by atoms with van der Waals surface area (Å²) in [4.78, 5) is 13.1. The lowest BCUT2D eigenvalue weighted by Gasteiger charge is -2.26. The van der Waals surface area contributed by atoms with Crippen molar-refractivity contribution in [3.05, 3.63) is 29.3 Å². The maximum Gasteiger partial charge on any atom is 0.150 e. The molecule has 2 rings (SSSR count). The third-order valence-electron chi connectivity index (χ3n) is 3.15. The summed E-state index contributed by atoms with van der Waals surface area (Å²) >= 11 is 0. The van der Waals surface area contributed by atoms with E-state index >= 15 is 0 Å². The van der Waals surface area contributed by atoms with Crippen LogP contribution in [0.2, 0.25) is 0 Å². The second-order valence-corrected chi connectivity index (χ2v) is 4.64. The summed E-state index contributed by atoms with van der Waals surface area (Å²) in [5, 5.41) is 0. The van der Waals surface area contributed by atoms with Gasteiger partial charge in [-0.15, -0.1) is 0 Å². The van der Waals surface area contributed by atoms with Crippen molar-refractivity contribution >= 4 is 12.0 Å². The molecular formula is C14H19NO2. The van der Waals surface area contributed by atoms with Crippen molar-refractivity contribution in [1.29, 1.82) is 0 Å². The van der Waals surface area contributed by atoms with Gasteiger partial charge >= 0.3 is 0 Å². The van der Waals surface area contributed by atoms with Crippen LogP contribution >= 0.6 is 0 Å². The van der Waals surface area contributed by atoms with Gasteiger partial charge in [-0.2, -0.15) is 0 Å². The van der Waals surface area contributed by atoms with E-state index in [1.807, 2.05) is 18.2 Å². The van der Waals surface area contributed by atoms with Crippen molar-refractivity contribution in [3.8, 4) is 0 Å². The predicted molar refractivity (Wildman–Crippen MR) is 68.8 cm³/mol. The molecule has 17 heavy (non-hydrogen) atoms. The van der Waals surface area contributed by atoms with Crippen LogP contribution in [0.1, 0.15) is 29.3 Å². The zero-order valence-corrected chi connectivity index (χ0v) is 10.5. The van der Waals surface area contributed by atoms with Gasteiger partial charge in [0.1, 0.15) is 6.29 Å². The first-order valence-corrected chi connectivity index (χ1v) is 6.13. The molecule has 0 bridgehead atoms. The molecule has 0 aromatic heterocycles. The largest absolute Gasteiger partial charge is 0.377 e. The number of hydrogen-bond donors (Lipinski definition) is 0. The Bertz CT molecular complexity index is 403. The van der Waals surface area contributed by atoms with Crippen molar-refractivity contribution in [3.63, 3.8) is 0 Å². The quantitative estimate of drug-likeness (QED) is 0.735. The van der Waals surface area contributed by atoms with Gasteiger partial charge in [0.05, 0.1) is 6.10 Å². The zero-order valence-electron chi connectivity index (χ0n) is 10.5. The topological polar surface area (TPSA) is 29.5 Å². The molecule has 1 atom stereocenters. The molecule has 1 aliphatic rings. The van der Waals surface area contributed by atoms with Crippen LogP contribution in [0.25, 0.3) is 0 Å². The number of aldehydes is 1. The SMILES string of the molecule is Cc1cc(C=O)ccc1N1CCCOC(C)C1. The van der Waals surface area contributed by atoms with Crippen LogP contribution in [0.15, 0.2) is 18.2 Å². The van der Waals surface area contributed by atoms with Crippen LogP contribution in [-0.2, 0) is 4.74 Å². The third-order valence-corrected chi connectivity index (χ3v) is 3.15. The summed E-state index contributed by atoms with van der Waals surface area (Å²) in [7, 11) is 0. The smallest absolute Gasteiger partial charge is 0.150 e. The molecule has 0 N–H and O–H groups in total. The first-order chi connectivity index (χ1) is 8.20. The van der Waals surface area contributed by atoms with Crippen molar-refractivity contribution in [1.82, 2.24) is 0 Å². The Morgan fingerprint density at radius 1 is 1.47 bits per heavy atom.